The van der Waals surface area contributed by atoms with E-state index in [1.807, 2.05) is 67.3 Å². The molecule has 17 heteroatoms. The van der Waals surface area contributed by atoms with Crippen molar-refractivity contribution in [3.05, 3.63) is 135 Å². The summed E-state index contributed by atoms with van der Waals surface area (Å²) < 4.78 is 59.4. The third-order valence-electron chi connectivity index (χ3n) is 12.8. The van der Waals surface area contributed by atoms with Gasteiger partial charge in [-0.2, -0.15) is 0 Å². The lowest BCUT2D eigenvalue weighted by Gasteiger charge is -2.43. The number of likely N-dealkylation sites (tertiary alicyclic amines) is 1. The summed E-state index contributed by atoms with van der Waals surface area (Å²) in [4.78, 5) is 57.4. The van der Waals surface area contributed by atoms with Gasteiger partial charge in [-0.15, -0.1) is 11.3 Å². The highest BCUT2D eigenvalue weighted by atomic mass is 32.1. The van der Waals surface area contributed by atoms with Crippen LogP contribution < -0.4 is 15.4 Å². The van der Waals surface area contributed by atoms with Crippen LogP contribution in [-0.4, -0.2) is 97.2 Å². The first-order valence-electron chi connectivity index (χ1n) is 23.5. The Morgan fingerprint density at radius 1 is 0.971 bits per heavy atom. The highest BCUT2D eigenvalue weighted by Gasteiger charge is 2.45. The highest BCUT2D eigenvalue weighted by Crippen LogP contribution is 2.44. The van der Waals surface area contributed by atoms with E-state index in [0.29, 0.717) is 23.5 Å². The van der Waals surface area contributed by atoms with Crippen LogP contribution in [0.5, 0.6) is 5.75 Å². The number of amides is 3. The van der Waals surface area contributed by atoms with Crippen molar-refractivity contribution in [2.24, 2.45) is 5.41 Å². The number of aliphatic hydroxyl groups excluding tert-OH is 1. The van der Waals surface area contributed by atoms with Crippen molar-refractivity contribution in [3.63, 3.8) is 0 Å². The summed E-state index contributed by atoms with van der Waals surface area (Å²) in [5.74, 6) is -3.20. The van der Waals surface area contributed by atoms with Crippen LogP contribution in [0.15, 0.2) is 84.4 Å². The molecule has 370 valence electrons. The van der Waals surface area contributed by atoms with Gasteiger partial charge in [-0.1, -0.05) is 69.3 Å². The molecule has 2 aliphatic heterocycles. The van der Waals surface area contributed by atoms with Crippen molar-refractivity contribution >= 4 is 40.0 Å². The van der Waals surface area contributed by atoms with Gasteiger partial charge in [0, 0.05) is 66.4 Å². The number of carbonyl (C=O) groups is 3. The molecule has 4 N–H and O–H groups in total. The van der Waals surface area contributed by atoms with E-state index in [9.17, 15) is 19.5 Å². The van der Waals surface area contributed by atoms with Gasteiger partial charge in [0.05, 0.1) is 46.2 Å². The quantitative estimate of drug-likeness (QED) is 0.0749. The van der Waals surface area contributed by atoms with Crippen LogP contribution in [0.1, 0.15) is 93.5 Å². The summed E-state index contributed by atoms with van der Waals surface area (Å²) in [6.07, 6.45) is -0.280. The predicted octanol–water partition coefficient (Wildman–Crippen LogP) is 8.26. The van der Waals surface area contributed by atoms with Crippen molar-refractivity contribution in [1.29, 1.82) is 0 Å². The number of nitrogens with zero attached hydrogens (tertiary/aromatic N) is 4. The van der Waals surface area contributed by atoms with E-state index in [2.05, 4.69) is 25.6 Å². The van der Waals surface area contributed by atoms with Gasteiger partial charge >= 0.3 is 0 Å². The van der Waals surface area contributed by atoms with Gasteiger partial charge < -0.3 is 35.1 Å². The van der Waals surface area contributed by atoms with Crippen molar-refractivity contribution in [2.45, 2.75) is 117 Å². The molecule has 0 radical (unpaired) electrons. The van der Waals surface area contributed by atoms with E-state index in [-0.39, 0.29) is 56.6 Å². The molecule has 3 aromatic heterocycles. The molecule has 0 aliphatic carbocycles. The summed E-state index contributed by atoms with van der Waals surface area (Å²) >= 11 is 1.56. The Balaban J connectivity index is 0.861. The number of para-hydroxylation sites is 1. The molecule has 5 atom stereocenters. The summed E-state index contributed by atoms with van der Waals surface area (Å²) in [5.41, 5.74) is 5.34. The fourth-order valence-corrected chi connectivity index (χ4v) is 10.3. The third kappa shape index (κ3) is 11.4. The molecule has 0 bridgehead atoms. The number of rotatable bonds is 16. The van der Waals surface area contributed by atoms with E-state index in [1.165, 1.54) is 18.7 Å². The Hall–Kier alpha value is -6.14. The molecule has 70 heavy (non-hydrogen) atoms. The van der Waals surface area contributed by atoms with Crippen molar-refractivity contribution in [2.75, 3.05) is 19.7 Å². The maximum atomic E-state index is 16.3. The molecular weight excluding hydrogens is 920 g/mol. The number of halogens is 3. The number of hydrogen-bond acceptors (Lipinski definition) is 10. The zero-order valence-corrected chi connectivity index (χ0v) is 41.3. The van der Waals surface area contributed by atoms with Crippen LogP contribution in [0.25, 0.3) is 21.3 Å². The zero-order chi connectivity index (χ0) is 50.1. The van der Waals surface area contributed by atoms with E-state index >= 15 is 13.2 Å². The molecule has 0 unspecified atom stereocenters. The van der Waals surface area contributed by atoms with Gasteiger partial charge in [0.1, 0.15) is 48.4 Å². The molecule has 1 saturated heterocycles. The van der Waals surface area contributed by atoms with E-state index in [4.69, 9.17) is 9.47 Å². The average molecular weight is 980 g/mol. The van der Waals surface area contributed by atoms with E-state index in [0.717, 1.165) is 50.3 Å². The number of fused-ring (bicyclic) bond motifs is 3. The van der Waals surface area contributed by atoms with Gasteiger partial charge in [-0.05, 0) is 74.4 Å². The number of H-pyrrole nitrogens is 1. The minimum absolute atomic E-state index is 0.0439. The Kier molecular flexibility index (Phi) is 14.8. The first-order chi connectivity index (χ1) is 33.2. The number of nitrogens with one attached hydrogen (secondary N) is 3. The summed E-state index contributed by atoms with van der Waals surface area (Å²) in [6.45, 7) is 11.7. The Morgan fingerprint density at radius 3 is 2.34 bits per heavy atom. The fourth-order valence-electron chi connectivity index (χ4n) is 9.48. The zero-order valence-electron chi connectivity index (χ0n) is 40.4. The number of carbonyl (C=O) groups excluding carboxylic acids is 3. The van der Waals surface area contributed by atoms with Gasteiger partial charge in [0.15, 0.2) is 0 Å². The second-order valence-electron chi connectivity index (χ2n) is 20.1. The number of benzene rings is 3. The molecule has 13 nitrogen and oxygen atoms in total. The van der Waals surface area contributed by atoms with Gasteiger partial charge in [-0.3, -0.25) is 24.3 Å². The van der Waals surface area contributed by atoms with Crippen LogP contribution in [0.4, 0.5) is 13.2 Å². The van der Waals surface area contributed by atoms with Crippen LogP contribution in [-0.2, 0) is 45.3 Å². The molecule has 3 amide bonds. The number of ether oxygens (including phenoxy) is 2. The molecule has 1 fully saturated rings. The van der Waals surface area contributed by atoms with Crippen molar-refractivity contribution < 1.29 is 42.1 Å². The first kappa shape index (κ1) is 50.3. The maximum Gasteiger partial charge on any atom is 0.246 e. The SMILES string of the molecule is Cc1ncsc1-c1ccc(CNC(=O)[C@@H]2C[C@@H](O)CN2C(=O)[C@@H](NC(=O)COCc2cccc(COc3cc(F)c([C@@H]4c5[nH]c6ccccc6c5C[C@@H](C)N4CC(C)(C)F)c(F)c3)n2)C(C)(C)C)cc1. The van der Waals surface area contributed by atoms with Gasteiger partial charge in [0.25, 0.3) is 0 Å². The summed E-state index contributed by atoms with van der Waals surface area (Å²) in [5, 5.41) is 17.3. The molecule has 5 heterocycles. The number of thiazole rings is 1. The smallest absolute Gasteiger partial charge is 0.246 e. The molecular formula is C53H60F3N7O6S. The number of pyridine rings is 1. The second-order valence-corrected chi connectivity index (χ2v) is 20.9. The molecule has 6 aromatic rings. The van der Waals surface area contributed by atoms with E-state index < -0.39 is 71.3 Å². The minimum atomic E-state index is -1.63. The number of hydrogen-bond donors (Lipinski definition) is 4. The lowest BCUT2D eigenvalue weighted by Crippen LogP contribution is -2.58. The highest BCUT2D eigenvalue weighted by molar-refractivity contribution is 7.13. The maximum absolute atomic E-state index is 16.3. The average Bonchev–Trinajstić information content (AvgIpc) is 4.03. The normalized spacial score (nSPS) is 19.0. The number of aromatic nitrogens is 3. The molecule has 0 spiro atoms. The molecule has 3 aromatic carbocycles. The largest absolute Gasteiger partial charge is 0.487 e. The predicted molar refractivity (Wildman–Crippen MR) is 261 cm³/mol. The molecule has 2 aliphatic rings. The lowest BCUT2D eigenvalue weighted by atomic mass is 9.85. The number of aryl methyl sites for hydroxylation is 1. The minimum Gasteiger partial charge on any atom is -0.487 e. The van der Waals surface area contributed by atoms with Gasteiger partial charge in [-0.25, -0.2) is 18.2 Å². The Morgan fingerprint density at radius 2 is 1.67 bits per heavy atom. The Labute approximate surface area is 409 Å². The second kappa shape index (κ2) is 20.7. The molecule has 8 rings (SSSR count). The van der Waals surface area contributed by atoms with E-state index in [1.54, 1.807) is 55.8 Å². The summed E-state index contributed by atoms with van der Waals surface area (Å²) in [7, 11) is 0. The lowest BCUT2D eigenvalue weighted by molar-refractivity contribution is -0.144. The van der Waals surface area contributed by atoms with Crippen LogP contribution in [0.2, 0.25) is 0 Å². The number of aliphatic hydroxyl groups is 1. The fraction of sp³-hybridized carbons (Fsp3) is 0.415. The van der Waals surface area contributed by atoms with Crippen molar-refractivity contribution in [1.82, 2.24) is 35.4 Å². The first-order valence-corrected chi connectivity index (χ1v) is 24.4. The number of alkyl halides is 1. The summed E-state index contributed by atoms with van der Waals surface area (Å²) in [6, 6.07) is 19.7. The number of β-amino-alcohol motifs (C(OH)–C–C–N with tert-alkyl or cyclic N) is 1. The van der Waals surface area contributed by atoms with Crippen LogP contribution in [0.3, 0.4) is 0 Å². The van der Waals surface area contributed by atoms with Crippen molar-refractivity contribution in [3.8, 4) is 16.2 Å². The molecule has 0 saturated carbocycles. The third-order valence-corrected chi connectivity index (χ3v) is 13.8. The topological polar surface area (TPSA) is 162 Å². The van der Waals surface area contributed by atoms with Gasteiger partial charge in [0.2, 0.25) is 17.7 Å². The Bertz CT molecular complexity index is 2840. The van der Waals surface area contributed by atoms with Crippen LogP contribution >= 0.6 is 11.3 Å². The monoisotopic (exact) mass is 979 g/mol. The number of aromatic amines is 1. The van der Waals surface area contributed by atoms with Crippen LogP contribution in [0, 0.1) is 24.0 Å². The standard InChI is InChI=1S/C53H60F3N7O6S/c1-30-19-39-38-13-8-9-14-42(38)60-46(39)47(63(30)28-53(6,7)56)45-40(54)21-37(22-41(45)55)69-26-35-12-10-11-34(59-35)25-68-27-44(65)61-49(52(3,4)5)51(67)62-24-36(64)20-43(62)50(66)57-23-32-15-17-33(18-16-32)48-31(2)58-29-70-48/h8-18,21-22,29-30,36,43,47,49,60,64H,19-20,23-28H2,1-7H3,(H,57,66)(H,61,65)/t30-,36-,43+,47-,49-/m1/s1.